The van der Waals surface area contributed by atoms with Crippen LogP contribution in [0, 0.1) is 13.8 Å². The van der Waals surface area contributed by atoms with Crippen LogP contribution in [0.2, 0.25) is 0 Å². The Morgan fingerprint density at radius 2 is 2.06 bits per heavy atom. The third-order valence-electron chi connectivity index (χ3n) is 2.78. The SMILES string of the molecule is Cc1nc(N(C)Cc2scnc2C)ncc1CCl. The lowest BCUT2D eigenvalue weighted by atomic mass is 10.3. The van der Waals surface area contributed by atoms with Gasteiger partial charge in [0.2, 0.25) is 5.95 Å². The largest absolute Gasteiger partial charge is 0.339 e. The lowest BCUT2D eigenvalue weighted by Crippen LogP contribution is -2.19. The highest BCUT2D eigenvalue weighted by molar-refractivity contribution is 7.09. The molecule has 18 heavy (non-hydrogen) atoms. The third kappa shape index (κ3) is 2.79. The molecule has 2 rings (SSSR count). The number of alkyl halides is 1. The molecule has 0 radical (unpaired) electrons. The van der Waals surface area contributed by atoms with Crippen LogP contribution < -0.4 is 4.90 Å². The van der Waals surface area contributed by atoms with Crippen molar-refractivity contribution in [2.24, 2.45) is 0 Å². The van der Waals surface area contributed by atoms with E-state index in [0.717, 1.165) is 23.5 Å². The Morgan fingerprint density at radius 3 is 2.61 bits per heavy atom. The molecule has 0 spiro atoms. The van der Waals surface area contributed by atoms with Gasteiger partial charge in [-0.15, -0.1) is 22.9 Å². The van der Waals surface area contributed by atoms with Gasteiger partial charge in [0, 0.05) is 29.4 Å². The van der Waals surface area contributed by atoms with Gasteiger partial charge in [-0.1, -0.05) is 0 Å². The van der Waals surface area contributed by atoms with E-state index in [1.165, 1.54) is 4.88 Å². The van der Waals surface area contributed by atoms with Crippen molar-refractivity contribution in [3.8, 4) is 0 Å². The molecule has 2 aromatic rings. The van der Waals surface area contributed by atoms with Crippen molar-refractivity contribution in [2.75, 3.05) is 11.9 Å². The lowest BCUT2D eigenvalue weighted by molar-refractivity contribution is 0.857. The quantitative estimate of drug-likeness (QED) is 0.809. The van der Waals surface area contributed by atoms with Gasteiger partial charge in [-0.25, -0.2) is 15.0 Å². The van der Waals surface area contributed by atoms with Crippen LogP contribution in [0.4, 0.5) is 5.95 Å². The summed E-state index contributed by atoms with van der Waals surface area (Å²) in [7, 11) is 1.98. The topological polar surface area (TPSA) is 41.9 Å². The minimum atomic E-state index is 0.448. The second-order valence-corrected chi connectivity index (χ2v) is 5.34. The number of nitrogens with zero attached hydrogens (tertiary/aromatic N) is 4. The van der Waals surface area contributed by atoms with Gasteiger partial charge in [0.05, 0.1) is 23.6 Å². The maximum Gasteiger partial charge on any atom is 0.225 e. The molecule has 0 aromatic carbocycles. The van der Waals surface area contributed by atoms with Crippen LogP contribution in [-0.2, 0) is 12.4 Å². The Labute approximate surface area is 116 Å². The molecule has 0 fully saturated rings. The Morgan fingerprint density at radius 1 is 1.28 bits per heavy atom. The number of hydrogen-bond donors (Lipinski definition) is 0. The molecule has 6 heteroatoms. The van der Waals surface area contributed by atoms with E-state index < -0.39 is 0 Å². The van der Waals surface area contributed by atoms with Crippen molar-refractivity contribution in [3.63, 3.8) is 0 Å². The van der Waals surface area contributed by atoms with Gasteiger partial charge in [0.25, 0.3) is 0 Å². The summed E-state index contributed by atoms with van der Waals surface area (Å²) in [5.74, 6) is 1.17. The van der Waals surface area contributed by atoms with Crippen molar-refractivity contribution in [3.05, 3.63) is 33.5 Å². The monoisotopic (exact) mass is 282 g/mol. The molecule has 2 heterocycles. The van der Waals surface area contributed by atoms with Crippen LogP contribution in [-0.4, -0.2) is 22.0 Å². The van der Waals surface area contributed by atoms with Crippen LogP contribution in [0.25, 0.3) is 0 Å². The Balaban J connectivity index is 2.16. The van der Waals surface area contributed by atoms with E-state index >= 15 is 0 Å². The summed E-state index contributed by atoms with van der Waals surface area (Å²) < 4.78 is 0. The molecule has 0 bridgehead atoms. The van der Waals surface area contributed by atoms with E-state index in [-0.39, 0.29) is 0 Å². The lowest BCUT2D eigenvalue weighted by Gasteiger charge is -2.17. The standard InChI is InChI=1S/C12H15ClN4S/c1-8-10(4-13)5-14-12(16-8)17(3)6-11-9(2)15-7-18-11/h5,7H,4,6H2,1-3H3. The first-order valence-electron chi connectivity index (χ1n) is 5.60. The molecule has 0 aliphatic carbocycles. The number of aryl methyl sites for hydroxylation is 2. The fraction of sp³-hybridized carbons (Fsp3) is 0.417. The molecule has 96 valence electrons. The summed E-state index contributed by atoms with van der Waals surface area (Å²) >= 11 is 7.45. The first kappa shape index (κ1) is 13.2. The molecule has 0 amide bonds. The second kappa shape index (κ2) is 5.63. The van der Waals surface area contributed by atoms with E-state index in [1.54, 1.807) is 17.5 Å². The van der Waals surface area contributed by atoms with Gasteiger partial charge in [0.1, 0.15) is 0 Å². The number of thiazole rings is 1. The molecule has 4 nitrogen and oxygen atoms in total. The number of hydrogen-bond acceptors (Lipinski definition) is 5. The van der Waals surface area contributed by atoms with Gasteiger partial charge in [-0.2, -0.15) is 0 Å². The van der Waals surface area contributed by atoms with Gasteiger partial charge in [-0.05, 0) is 13.8 Å². The first-order valence-corrected chi connectivity index (χ1v) is 7.01. The van der Waals surface area contributed by atoms with Crippen LogP contribution >= 0.6 is 22.9 Å². The van der Waals surface area contributed by atoms with E-state index in [4.69, 9.17) is 11.6 Å². The number of anilines is 1. The summed E-state index contributed by atoms with van der Waals surface area (Å²) in [6.07, 6.45) is 1.79. The fourth-order valence-electron chi connectivity index (χ4n) is 1.56. The third-order valence-corrected chi connectivity index (χ3v) is 3.99. The van der Waals surface area contributed by atoms with Gasteiger partial charge in [-0.3, -0.25) is 0 Å². The molecular weight excluding hydrogens is 268 g/mol. The molecule has 0 saturated heterocycles. The minimum Gasteiger partial charge on any atom is -0.339 e. The van der Waals surface area contributed by atoms with Gasteiger partial charge >= 0.3 is 0 Å². The average Bonchev–Trinajstić information content (AvgIpc) is 2.75. The van der Waals surface area contributed by atoms with Gasteiger partial charge in [0.15, 0.2) is 0 Å². The number of aromatic nitrogens is 3. The molecule has 0 aliphatic heterocycles. The predicted octanol–water partition coefficient (Wildman–Crippen LogP) is 2.93. The Hall–Kier alpha value is -1.20. The zero-order chi connectivity index (χ0) is 13.1. The first-order chi connectivity index (χ1) is 8.61. The Bertz CT molecular complexity index is 541. The summed E-state index contributed by atoms with van der Waals surface area (Å²) in [6.45, 7) is 4.74. The summed E-state index contributed by atoms with van der Waals surface area (Å²) in [4.78, 5) is 16.3. The molecule has 2 aromatic heterocycles. The van der Waals surface area contributed by atoms with Crippen molar-refractivity contribution in [2.45, 2.75) is 26.3 Å². The average molecular weight is 283 g/mol. The highest BCUT2D eigenvalue weighted by Gasteiger charge is 2.10. The van der Waals surface area contributed by atoms with Crippen molar-refractivity contribution in [1.29, 1.82) is 0 Å². The maximum atomic E-state index is 5.80. The zero-order valence-corrected chi connectivity index (χ0v) is 12.2. The summed E-state index contributed by atoms with van der Waals surface area (Å²) in [5, 5.41) is 0. The molecular formula is C12H15ClN4S. The predicted molar refractivity (Wildman–Crippen MR) is 75.3 cm³/mol. The van der Waals surface area contributed by atoms with Crippen LogP contribution in [0.3, 0.4) is 0 Å². The van der Waals surface area contributed by atoms with Crippen molar-refractivity contribution in [1.82, 2.24) is 15.0 Å². The van der Waals surface area contributed by atoms with Crippen LogP contribution in [0.5, 0.6) is 0 Å². The fourth-order valence-corrected chi connectivity index (χ4v) is 2.65. The summed E-state index contributed by atoms with van der Waals surface area (Å²) in [6, 6.07) is 0. The van der Waals surface area contributed by atoms with Crippen molar-refractivity contribution >= 4 is 28.9 Å². The van der Waals surface area contributed by atoms with E-state index in [1.807, 2.05) is 31.3 Å². The van der Waals surface area contributed by atoms with Crippen LogP contribution in [0.15, 0.2) is 11.7 Å². The maximum absolute atomic E-state index is 5.80. The van der Waals surface area contributed by atoms with E-state index in [9.17, 15) is 0 Å². The Kier molecular flexibility index (Phi) is 4.14. The molecule has 0 N–H and O–H groups in total. The van der Waals surface area contributed by atoms with Crippen LogP contribution in [0.1, 0.15) is 21.8 Å². The van der Waals surface area contributed by atoms with E-state index in [2.05, 4.69) is 15.0 Å². The minimum absolute atomic E-state index is 0.448. The zero-order valence-electron chi connectivity index (χ0n) is 10.6. The smallest absolute Gasteiger partial charge is 0.225 e. The van der Waals surface area contributed by atoms with E-state index in [0.29, 0.717) is 11.8 Å². The molecule has 0 aliphatic rings. The highest BCUT2D eigenvalue weighted by atomic mass is 35.5. The summed E-state index contributed by atoms with van der Waals surface area (Å²) in [5.41, 5.74) is 4.84. The van der Waals surface area contributed by atoms with Gasteiger partial charge < -0.3 is 4.90 Å². The normalized spacial score (nSPS) is 10.7. The molecule has 0 saturated carbocycles. The van der Waals surface area contributed by atoms with Crippen molar-refractivity contribution < 1.29 is 0 Å². The highest BCUT2D eigenvalue weighted by Crippen LogP contribution is 2.18. The number of rotatable bonds is 4. The molecule has 0 atom stereocenters. The molecule has 0 unspecified atom stereocenters. The second-order valence-electron chi connectivity index (χ2n) is 4.13. The number of halogens is 1.